The first-order valence-corrected chi connectivity index (χ1v) is 4.11. The van der Waals surface area contributed by atoms with Gasteiger partial charge in [-0.3, -0.25) is 0 Å². The lowest BCUT2D eigenvalue weighted by molar-refractivity contribution is -0.0587. The van der Waals surface area contributed by atoms with Gasteiger partial charge in [0.05, 0.1) is 13.2 Å². The molecule has 0 aliphatic carbocycles. The quantitative estimate of drug-likeness (QED) is 0.584. The highest BCUT2D eigenvalue weighted by atomic mass is 16.7. The van der Waals surface area contributed by atoms with E-state index in [0.717, 1.165) is 0 Å². The summed E-state index contributed by atoms with van der Waals surface area (Å²) in [5.74, 6) is 0. The molecular weight excluding hydrogens is 152 g/mol. The number of hydrogen-bond acceptors (Lipinski definition) is 2. The molecule has 0 atom stereocenters. The van der Waals surface area contributed by atoms with Crippen LogP contribution in [-0.4, -0.2) is 6.79 Å². The van der Waals surface area contributed by atoms with Crippen molar-refractivity contribution < 1.29 is 9.47 Å². The monoisotopic (exact) mass is 164 g/mol. The first-order chi connectivity index (χ1) is 5.88. The fourth-order valence-electron chi connectivity index (χ4n) is 1.46. The second kappa shape index (κ2) is 3.25. The molecule has 2 nitrogen and oxygen atoms in total. The van der Waals surface area contributed by atoms with Gasteiger partial charge in [-0.15, -0.1) is 0 Å². The molecule has 1 aromatic rings. The van der Waals surface area contributed by atoms with Crippen LogP contribution in [-0.2, 0) is 22.7 Å². The van der Waals surface area contributed by atoms with Gasteiger partial charge in [-0.05, 0) is 23.6 Å². The highest BCUT2D eigenvalue weighted by Crippen LogP contribution is 2.18. The summed E-state index contributed by atoms with van der Waals surface area (Å²) in [5, 5.41) is 0. The van der Waals surface area contributed by atoms with E-state index < -0.39 is 0 Å². The molecular formula is C10H12O2. The molecule has 1 aromatic carbocycles. The van der Waals surface area contributed by atoms with Crippen molar-refractivity contribution in [2.45, 2.75) is 20.1 Å². The van der Waals surface area contributed by atoms with Crippen molar-refractivity contribution in [2.75, 3.05) is 6.79 Å². The van der Waals surface area contributed by atoms with Crippen LogP contribution in [0.5, 0.6) is 0 Å². The van der Waals surface area contributed by atoms with Crippen molar-refractivity contribution in [3.05, 3.63) is 34.9 Å². The smallest absolute Gasteiger partial charge is 0.147 e. The van der Waals surface area contributed by atoms with Gasteiger partial charge in [-0.2, -0.15) is 0 Å². The van der Waals surface area contributed by atoms with Gasteiger partial charge in [0.1, 0.15) is 6.79 Å². The minimum Gasteiger partial charge on any atom is -0.351 e. The lowest BCUT2D eigenvalue weighted by atomic mass is 10.0. The van der Waals surface area contributed by atoms with Gasteiger partial charge in [0.15, 0.2) is 0 Å². The number of fused-ring (bicyclic) bond motifs is 1. The average molecular weight is 164 g/mol. The van der Waals surface area contributed by atoms with E-state index in [0.29, 0.717) is 20.0 Å². The normalized spacial score (nSPS) is 16.8. The summed E-state index contributed by atoms with van der Waals surface area (Å²) in [4.78, 5) is 0. The van der Waals surface area contributed by atoms with Crippen molar-refractivity contribution in [3.8, 4) is 0 Å². The summed E-state index contributed by atoms with van der Waals surface area (Å²) >= 11 is 0. The van der Waals surface area contributed by atoms with Crippen molar-refractivity contribution >= 4 is 0 Å². The van der Waals surface area contributed by atoms with Crippen LogP contribution in [0.1, 0.15) is 16.7 Å². The van der Waals surface area contributed by atoms with E-state index in [4.69, 9.17) is 9.47 Å². The van der Waals surface area contributed by atoms with Crippen LogP contribution in [0.4, 0.5) is 0 Å². The van der Waals surface area contributed by atoms with Gasteiger partial charge >= 0.3 is 0 Å². The number of ether oxygens (including phenoxy) is 2. The molecule has 0 aromatic heterocycles. The molecule has 12 heavy (non-hydrogen) atoms. The van der Waals surface area contributed by atoms with Crippen molar-refractivity contribution in [2.24, 2.45) is 0 Å². The van der Waals surface area contributed by atoms with E-state index in [1.165, 1.54) is 16.7 Å². The lowest BCUT2D eigenvalue weighted by Gasteiger charge is -2.06. The number of rotatable bonds is 0. The molecule has 0 bridgehead atoms. The van der Waals surface area contributed by atoms with E-state index >= 15 is 0 Å². The number of hydrogen-bond donors (Lipinski definition) is 0. The number of benzene rings is 1. The summed E-state index contributed by atoms with van der Waals surface area (Å²) in [5.41, 5.74) is 3.83. The summed E-state index contributed by atoms with van der Waals surface area (Å²) < 4.78 is 10.5. The third-order valence-electron chi connectivity index (χ3n) is 2.18. The van der Waals surface area contributed by atoms with Crippen LogP contribution in [0.25, 0.3) is 0 Å². The van der Waals surface area contributed by atoms with Crippen LogP contribution in [0, 0.1) is 6.92 Å². The van der Waals surface area contributed by atoms with E-state index in [9.17, 15) is 0 Å². The molecule has 64 valence electrons. The Morgan fingerprint density at radius 1 is 1.17 bits per heavy atom. The van der Waals surface area contributed by atoms with E-state index in [2.05, 4.69) is 25.1 Å². The second-order valence-corrected chi connectivity index (χ2v) is 3.03. The Kier molecular flexibility index (Phi) is 2.11. The Hall–Kier alpha value is -0.860. The summed E-state index contributed by atoms with van der Waals surface area (Å²) in [6.45, 7) is 3.88. The highest BCUT2D eigenvalue weighted by Gasteiger charge is 2.08. The maximum absolute atomic E-state index is 5.28. The van der Waals surface area contributed by atoms with Gasteiger partial charge in [-0.1, -0.05) is 18.2 Å². The molecule has 2 rings (SSSR count). The predicted molar refractivity (Wildman–Crippen MR) is 45.6 cm³/mol. The Morgan fingerprint density at radius 3 is 2.92 bits per heavy atom. The average Bonchev–Trinajstić information content (AvgIpc) is 2.30. The molecule has 1 heterocycles. The van der Waals surface area contributed by atoms with Crippen LogP contribution in [0.15, 0.2) is 18.2 Å². The SMILES string of the molecule is Cc1cccc2c1COCOC2. The zero-order valence-electron chi connectivity index (χ0n) is 7.17. The first kappa shape index (κ1) is 7.77. The molecule has 0 fully saturated rings. The molecule has 0 saturated heterocycles. The van der Waals surface area contributed by atoms with Crippen LogP contribution < -0.4 is 0 Å². The molecule has 2 heteroatoms. The van der Waals surface area contributed by atoms with Gasteiger partial charge in [0.25, 0.3) is 0 Å². The molecule has 1 aliphatic rings. The topological polar surface area (TPSA) is 18.5 Å². The Bertz CT molecular complexity index is 281. The maximum atomic E-state index is 5.28. The van der Waals surface area contributed by atoms with E-state index in [1.807, 2.05) is 0 Å². The number of aryl methyl sites for hydroxylation is 1. The fraction of sp³-hybridized carbons (Fsp3) is 0.400. The highest BCUT2D eigenvalue weighted by molar-refractivity contribution is 5.33. The van der Waals surface area contributed by atoms with Gasteiger partial charge < -0.3 is 9.47 Å². The van der Waals surface area contributed by atoms with Crippen molar-refractivity contribution in [1.29, 1.82) is 0 Å². The second-order valence-electron chi connectivity index (χ2n) is 3.03. The summed E-state index contributed by atoms with van der Waals surface area (Å²) in [6, 6.07) is 6.26. The molecule has 0 unspecified atom stereocenters. The molecule has 0 spiro atoms. The summed E-state index contributed by atoms with van der Waals surface area (Å²) in [7, 11) is 0. The molecule has 0 saturated carbocycles. The van der Waals surface area contributed by atoms with Gasteiger partial charge in [0, 0.05) is 0 Å². The minimum absolute atomic E-state index is 0.411. The van der Waals surface area contributed by atoms with Gasteiger partial charge in [-0.25, -0.2) is 0 Å². The molecule has 0 N–H and O–H groups in total. The largest absolute Gasteiger partial charge is 0.351 e. The van der Waals surface area contributed by atoms with Crippen LogP contribution in [0.2, 0.25) is 0 Å². The Morgan fingerprint density at radius 2 is 2.00 bits per heavy atom. The van der Waals surface area contributed by atoms with Crippen molar-refractivity contribution in [1.82, 2.24) is 0 Å². The molecule has 1 aliphatic heterocycles. The van der Waals surface area contributed by atoms with E-state index in [1.54, 1.807) is 0 Å². The predicted octanol–water partition coefficient (Wildman–Crippen LogP) is 2.00. The van der Waals surface area contributed by atoms with Gasteiger partial charge in [0.2, 0.25) is 0 Å². The van der Waals surface area contributed by atoms with Crippen molar-refractivity contribution in [3.63, 3.8) is 0 Å². The molecule has 0 radical (unpaired) electrons. The summed E-state index contributed by atoms with van der Waals surface area (Å²) in [6.07, 6.45) is 0. The molecule has 0 amide bonds. The Labute approximate surface area is 72.1 Å². The first-order valence-electron chi connectivity index (χ1n) is 4.11. The third-order valence-corrected chi connectivity index (χ3v) is 2.18. The Balaban J connectivity index is 2.42. The third kappa shape index (κ3) is 1.36. The van der Waals surface area contributed by atoms with E-state index in [-0.39, 0.29) is 0 Å². The standard InChI is InChI=1S/C10H12O2/c1-8-3-2-4-9-5-11-7-12-6-10(8)9/h2-4H,5-7H2,1H3. The maximum Gasteiger partial charge on any atom is 0.147 e. The lowest BCUT2D eigenvalue weighted by Crippen LogP contribution is -1.94. The fourth-order valence-corrected chi connectivity index (χ4v) is 1.46. The van der Waals surface area contributed by atoms with Crippen LogP contribution >= 0.6 is 0 Å². The van der Waals surface area contributed by atoms with Crippen LogP contribution in [0.3, 0.4) is 0 Å². The minimum atomic E-state index is 0.411. The zero-order chi connectivity index (χ0) is 8.39. The zero-order valence-corrected chi connectivity index (χ0v) is 7.17.